The highest BCUT2D eigenvalue weighted by atomic mass is 15.1. The second-order valence-electron chi connectivity index (χ2n) is 4.06. The predicted octanol–water partition coefficient (Wildman–Crippen LogP) is 3.70. The van der Waals surface area contributed by atoms with Crippen molar-refractivity contribution in [2.45, 2.75) is 39.7 Å². The zero-order valence-corrected chi connectivity index (χ0v) is 10.1. The van der Waals surface area contributed by atoms with Crippen LogP contribution in [0.25, 0.3) is 0 Å². The van der Waals surface area contributed by atoms with Crippen molar-refractivity contribution in [2.24, 2.45) is 0 Å². The second kappa shape index (κ2) is 7.47. The molecule has 0 fully saturated rings. The Bertz CT molecular complexity index is 243. The Kier molecular flexibility index (Phi) is 6.10. The van der Waals surface area contributed by atoms with Gasteiger partial charge in [0.15, 0.2) is 0 Å². The summed E-state index contributed by atoms with van der Waals surface area (Å²) in [6.07, 6.45) is 3.99. The fourth-order valence-electron chi connectivity index (χ4n) is 1.78. The quantitative estimate of drug-likeness (QED) is 0.613. The smallest absolute Gasteiger partial charge is 0.0233 e. The third kappa shape index (κ3) is 4.98. The van der Waals surface area contributed by atoms with E-state index < -0.39 is 0 Å². The van der Waals surface area contributed by atoms with Crippen LogP contribution in [0.4, 0.5) is 0 Å². The molecule has 0 amide bonds. The van der Waals surface area contributed by atoms with Crippen LogP contribution in [0.1, 0.15) is 38.7 Å². The molecule has 0 heterocycles. The van der Waals surface area contributed by atoms with Crippen LogP contribution in [0.2, 0.25) is 0 Å². The van der Waals surface area contributed by atoms with Gasteiger partial charge in [-0.3, -0.25) is 4.90 Å². The van der Waals surface area contributed by atoms with E-state index in [1.54, 1.807) is 0 Å². The van der Waals surface area contributed by atoms with Crippen molar-refractivity contribution in [3.63, 3.8) is 0 Å². The lowest BCUT2D eigenvalue weighted by molar-refractivity contribution is 0.273. The highest BCUT2D eigenvalue weighted by molar-refractivity contribution is 5.14. The molecule has 0 unspecified atom stereocenters. The summed E-state index contributed by atoms with van der Waals surface area (Å²) < 4.78 is 0. The highest BCUT2D eigenvalue weighted by Gasteiger charge is 2.02. The summed E-state index contributed by atoms with van der Waals surface area (Å²) in [4.78, 5) is 2.52. The molecular weight excluding hydrogens is 182 g/mol. The molecule has 0 aromatic heterocycles. The zero-order chi connectivity index (χ0) is 10.9. The number of rotatable bonds is 7. The average molecular weight is 205 g/mol. The largest absolute Gasteiger partial charge is 0.299 e. The van der Waals surface area contributed by atoms with Crippen molar-refractivity contribution in [1.82, 2.24) is 4.90 Å². The highest BCUT2D eigenvalue weighted by Crippen LogP contribution is 2.06. The molecule has 1 nitrogen and oxygen atoms in total. The van der Waals surface area contributed by atoms with E-state index in [1.165, 1.54) is 31.4 Å². The molecule has 0 saturated heterocycles. The minimum absolute atomic E-state index is 1.10. The van der Waals surface area contributed by atoms with Crippen LogP contribution < -0.4 is 0 Å². The van der Waals surface area contributed by atoms with Crippen LogP contribution in [0.15, 0.2) is 30.3 Å². The Balaban J connectivity index is 2.33. The van der Waals surface area contributed by atoms with Gasteiger partial charge < -0.3 is 0 Å². The maximum absolute atomic E-state index is 2.52. The lowest BCUT2D eigenvalue weighted by atomic mass is 10.2. The summed E-state index contributed by atoms with van der Waals surface area (Å²) in [5.41, 5.74) is 1.43. The summed E-state index contributed by atoms with van der Waals surface area (Å²) in [5, 5.41) is 0. The van der Waals surface area contributed by atoms with Crippen molar-refractivity contribution in [3.8, 4) is 0 Å². The molecule has 0 aliphatic carbocycles. The summed E-state index contributed by atoms with van der Waals surface area (Å²) in [6, 6.07) is 10.7. The summed E-state index contributed by atoms with van der Waals surface area (Å²) >= 11 is 0. The van der Waals surface area contributed by atoms with E-state index in [2.05, 4.69) is 49.1 Å². The molecule has 1 heteroatoms. The van der Waals surface area contributed by atoms with Gasteiger partial charge >= 0.3 is 0 Å². The van der Waals surface area contributed by atoms with Crippen molar-refractivity contribution < 1.29 is 0 Å². The van der Waals surface area contributed by atoms with E-state index in [1.807, 2.05) is 0 Å². The first-order valence-electron chi connectivity index (χ1n) is 6.13. The van der Waals surface area contributed by atoms with Gasteiger partial charge in [0.05, 0.1) is 0 Å². The normalized spacial score (nSPS) is 10.9. The first kappa shape index (κ1) is 12.3. The van der Waals surface area contributed by atoms with E-state index in [9.17, 15) is 0 Å². The lowest BCUT2D eigenvalue weighted by Crippen LogP contribution is -2.23. The molecule has 0 aliphatic heterocycles. The van der Waals surface area contributed by atoms with Crippen LogP contribution in [0.5, 0.6) is 0 Å². The van der Waals surface area contributed by atoms with Gasteiger partial charge in [0.1, 0.15) is 0 Å². The van der Waals surface area contributed by atoms with Gasteiger partial charge in [-0.1, -0.05) is 57.0 Å². The third-order valence-electron chi connectivity index (χ3n) is 2.77. The monoisotopic (exact) mass is 205 g/mol. The van der Waals surface area contributed by atoms with E-state index in [4.69, 9.17) is 0 Å². The maximum atomic E-state index is 2.52. The number of unbranched alkanes of at least 4 members (excludes halogenated alkanes) is 2. The standard InChI is InChI=1S/C14H23N/c1-3-5-9-12-15(4-2)13-14-10-7-6-8-11-14/h6-8,10-11H,3-5,9,12-13H2,1-2H3. The topological polar surface area (TPSA) is 3.24 Å². The van der Waals surface area contributed by atoms with Crippen molar-refractivity contribution in [3.05, 3.63) is 35.9 Å². The minimum atomic E-state index is 1.10. The van der Waals surface area contributed by atoms with Crippen LogP contribution in [-0.4, -0.2) is 18.0 Å². The van der Waals surface area contributed by atoms with E-state index in [0.717, 1.165) is 13.1 Å². The first-order valence-corrected chi connectivity index (χ1v) is 6.13. The Morgan fingerprint density at radius 1 is 1.00 bits per heavy atom. The number of hydrogen-bond donors (Lipinski definition) is 0. The molecule has 1 rings (SSSR count). The van der Waals surface area contributed by atoms with Gasteiger partial charge in [0, 0.05) is 6.54 Å². The SMILES string of the molecule is CCCCCN(CC)Cc1ccccc1. The van der Waals surface area contributed by atoms with E-state index >= 15 is 0 Å². The molecule has 0 radical (unpaired) electrons. The molecular formula is C14H23N. The summed E-state index contributed by atoms with van der Waals surface area (Å²) in [5.74, 6) is 0. The van der Waals surface area contributed by atoms with Crippen molar-refractivity contribution >= 4 is 0 Å². The molecule has 0 saturated carbocycles. The minimum Gasteiger partial charge on any atom is -0.299 e. The number of nitrogens with zero attached hydrogens (tertiary/aromatic N) is 1. The molecule has 84 valence electrons. The average Bonchev–Trinajstić information content (AvgIpc) is 2.29. The Morgan fingerprint density at radius 3 is 2.33 bits per heavy atom. The maximum Gasteiger partial charge on any atom is 0.0233 e. The van der Waals surface area contributed by atoms with E-state index in [0.29, 0.717) is 0 Å². The van der Waals surface area contributed by atoms with Gasteiger partial charge in [0.25, 0.3) is 0 Å². The molecule has 0 N–H and O–H groups in total. The van der Waals surface area contributed by atoms with Crippen LogP contribution in [0, 0.1) is 0 Å². The van der Waals surface area contributed by atoms with E-state index in [-0.39, 0.29) is 0 Å². The van der Waals surface area contributed by atoms with Crippen molar-refractivity contribution in [1.29, 1.82) is 0 Å². The Labute approximate surface area is 94.1 Å². The van der Waals surface area contributed by atoms with Gasteiger partial charge in [0.2, 0.25) is 0 Å². The van der Waals surface area contributed by atoms with Crippen LogP contribution >= 0.6 is 0 Å². The lowest BCUT2D eigenvalue weighted by Gasteiger charge is -2.20. The van der Waals surface area contributed by atoms with Crippen LogP contribution in [-0.2, 0) is 6.54 Å². The Hall–Kier alpha value is -0.820. The summed E-state index contributed by atoms with van der Waals surface area (Å²) in [7, 11) is 0. The molecule has 1 aromatic rings. The molecule has 0 bridgehead atoms. The van der Waals surface area contributed by atoms with Gasteiger partial charge in [-0.25, -0.2) is 0 Å². The fraction of sp³-hybridized carbons (Fsp3) is 0.571. The van der Waals surface area contributed by atoms with Gasteiger partial charge in [-0.15, -0.1) is 0 Å². The van der Waals surface area contributed by atoms with Crippen molar-refractivity contribution in [2.75, 3.05) is 13.1 Å². The summed E-state index contributed by atoms with van der Waals surface area (Å²) in [6.45, 7) is 7.99. The number of hydrogen-bond acceptors (Lipinski definition) is 1. The van der Waals surface area contributed by atoms with Gasteiger partial charge in [-0.05, 0) is 25.1 Å². The molecule has 0 spiro atoms. The second-order valence-corrected chi connectivity index (χ2v) is 4.06. The fourth-order valence-corrected chi connectivity index (χ4v) is 1.78. The van der Waals surface area contributed by atoms with Crippen LogP contribution in [0.3, 0.4) is 0 Å². The predicted molar refractivity (Wildman–Crippen MR) is 66.9 cm³/mol. The Morgan fingerprint density at radius 2 is 1.73 bits per heavy atom. The zero-order valence-electron chi connectivity index (χ0n) is 10.1. The molecule has 0 aliphatic rings. The first-order chi connectivity index (χ1) is 7.36. The third-order valence-corrected chi connectivity index (χ3v) is 2.77. The van der Waals surface area contributed by atoms with Gasteiger partial charge in [-0.2, -0.15) is 0 Å². The molecule has 15 heavy (non-hydrogen) atoms. The number of benzene rings is 1. The molecule has 1 aromatic carbocycles. The molecule has 0 atom stereocenters.